The van der Waals surface area contributed by atoms with Crippen LogP contribution in [0.15, 0.2) is 30.9 Å². The average molecular weight is 527 g/mol. The smallest absolute Gasteiger partial charge is 0.256 e. The molecular weight excluding hydrogens is 492 g/mol. The predicted molar refractivity (Wildman–Crippen MR) is 143 cm³/mol. The number of methoxy groups -OCH3 is 1. The minimum absolute atomic E-state index is 0.0647. The molecule has 1 aliphatic heterocycles. The number of hydrogen-bond acceptors (Lipinski definition) is 8. The van der Waals surface area contributed by atoms with Gasteiger partial charge in [-0.1, -0.05) is 6.08 Å². The second kappa shape index (κ2) is 10.4. The van der Waals surface area contributed by atoms with Crippen molar-refractivity contribution in [2.24, 2.45) is 5.92 Å². The first-order valence-electron chi connectivity index (χ1n) is 12.8. The number of benzene rings is 1. The maximum absolute atomic E-state index is 13.2. The molecule has 0 spiro atoms. The van der Waals surface area contributed by atoms with Crippen LogP contribution in [0.3, 0.4) is 0 Å². The SMILES string of the molecule is C=CC1C[C@]1(NC(=O)C1C[C@@H](Oc2cc(OCC)nc3c(C)c(OC)ccc23)CN1)C(=O)NSC1CC1. The van der Waals surface area contributed by atoms with Gasteiger partial charge >= 0.3 is 0 Å². The van der Waals surface area contributed by atoms with Crippen LogP contribution in [0.25, 0.3) is 10.9 Å². The molecule has 3 aliphatic rings. The van der Waals surface area contributed by atoms with Crippen LogP contribution in [-0.4, -0.2) is 60.0 Å². The van der Waals surface area contributed by atoms with Gasteiger partial charge in [0.25, 0.3) is 5.91 Å². The summed E-state index contributed by atoms with van der Waals surface area (Å²) in [5.41, 5.74) is 0.741. The lowest BCUT2D eigenvalue weighted by Gasteiger charge is -2.21. The summed E-state index contributed by atoms with van der Waals surface area (Å²) in [6.07, 6.45) is 4.79. The van der Waals surface area contributed by atoms with Crippen molar-refractivity contribution >= 4 is 34.7 Å². The zero-order valence-electron chi connectivity index (χ0n) is 21.5. The third kappa shape index (κ3) is 5.22. The molecule has 2 unspecified atom stereocenters. The normalized spacial score (nSPS) is 26.4. The summed E-state index contributed by atoms with van der Waals surface area (Å²) in [5.74, 6) is 1.45. The molecule has 2 saturated carbocycles. The minimum atomic E-state index is -0.911. The number of aryl methyl sites for hydroxylation is 1. The number of rotatable bonds is 11. The largest absolute Gasteiger partial charge is 0.496 e. The first kappa shape index (κ1) is 25.7. The molecule has 1 aromatic heterocycles. The lowest BCUT2D eigenvalue weighted by Crippen LogP contribution is -2.53. The second-order valence-electron chi connectivity index (χ2n) is 9.87. The van der Waals surface area contributed by atoms with Crippen molar-refractivity contribution in [3.8, 4) is 17.4 Å². The molecular formula is C27H34N4O5S. The molecule has 0 bridgehead atoms. The Morgan fingerprint density at radius 2 is 2.14 bits per heavy atom. The fourth-order valence-electron chi connectivity index (χ4n) is 4.82. The molecule has 3 N–H and O–H groups in total. The van der Waals surface area contributed by atoms with Crippen LogP contribution >= 0.6 is 11.9 Å². The topological polar surface area (TPSA) is 111 Å². The molecule has 1 saturated heterocycles. The number of ether oxygens (including phenoxy) is 3. The zero-order valence-corrected chi connectivity index (χ0v) is 22.3. The lowest BCUT2D eigenvalue weighted by molar-refractivity contribution is -0.130. The summed E-state index contributed by atoms with van der Waals surface area (Å²) in [4.78, 5) is 30.7. The Labute approximate surface area is 221 Å². The Hall–Kier alpha value is -2.98. The van der Waals surface area contributed by atoms with Gasteiger partial charge in [0.1, 0.15) is 23.1 Å². The maximum Gasteiger partial charge on any atom is 0.256 e. The Bertz CT molecular complexity index is 1220. The highest BCUT2D eigenvalue weighted by Gasteiger charge is 2.60. The second-order valence-corrected chi connectivity index (χ2v) is 11.0. The van der Waals surface area contributed by atoms with Gasteiger partial charge in [0.05, 0.1) is 25.3 Å². The van der Waals surface area contributed by atoms with Gasteiger partial charge in [-0.15, -0.1) is 6.58 Å². The highest BCUT2D eigenvalue weighted by Crippen LogP contribution is 2.46. The number of nitrogens with one attached hydrogen (secondary N) is 3. The molecule has 3 fully saturated rings. The van der Waals surface area contributed by atoms with E-state index in [1.165, 1.54) is 11.9 Å². The molecule has 2 heterocycles. The molecule has 0 radical (unpaired) electrons. The van der Waals surface area contributed by atoms with E-state index in [-0.39, 0.29) is 23.8 Å². The summed E-state index contributed by atoms with van der Waals surface area (Å²) >= 11 is 1.46. The monoisotopic (exact) mass is 526 g/mol. The van der Waals surface area contributed by atoms with Crippen molar-refractivity contribution in [3.05, 3.63) is 36.4 Å². The number of pyridine rings is 1. The highest BCUT2D eigenvalue weighted by atomic mass is 32.2. The van der Waals surface area contributed by atoms with Crippen LogP contribution in [0.5, 0.6) is 17.4 Å². The van der Waals surface area contributed by atoms with Crippen molar-refractivity contribution in [1.29, 1.82) is 0 Å². The van der Waals surface area contributed by atoms with Crippen LogP contribution in [-0.2, 0) is 9.59 Å². The number of amides is 2. The predicted octanol–water partition coefficient (Wildman–Crippen LogP) is 3.05. The molecule has 198 valence electrons. The van der Waals surface area contributed by atoms with E-state index in [9.17, 15) is 9.59 Å². The van der Waals surface area contributed by atoms with Gasteiger partial charge < -0.3 is 24.8 Å². The molecule has 2 aliphatic carbocycles. The van der Waals surface area contributed by atoms with E-state index < -0.39 is 11.6 Å². The number of hydrogen-bond donors (Lipinski definition) is 3. The van der Waals surface area contributed by atoms with Crippen LogP contribution in [0.4, 0.5) is 0 Å². The molecule has 4 atom stereocenters. The van der Waals surface area contributed by atoms with E-state index in [2.05, 4.69) is 26.9 Å². The molecule has 2 aromatic rings. The number of aromatic nitrogens is 1. The van der Waals surface area contributed by atoms with Crippen LogP contribution in [0, 0.1) is 12.8 Å². The van der Waals surface area contributed by atoms with Crippen molar-refractivity contribution in [2.45, 2.75) is 62.5 Å². The Morgan fingerprint density at radius 3 is 2.81 bits per heavy atom. The Morgan fingerprint density at radius 1 is 1.32 bits per heavy atom. The third-order valence-electron chi connectivity index (χ3n) is 7.23. The molecule has 1 aromatic carbocycles. The van der Waals surface area contributed by atoms with Gasteiger partial charge in [-0.2, -0.15) is 0 Å². The fraction of sp³-hybridized carbons (Fsp3) is 0.519. The van der Waals surface area contributed by atoms with Gasteiger partial charge in [0.2, 0.25) is 11.8 Å². The summed E-state index contributed by atoms with van der Waals surface area (Å²) in [6.45, 7) is 8.68. The molecule has 2 amide bonds. The van der Waals surface area contributed by atoms with E-state index >= 15 is 0 Å². The highest BCUT2D eigenvalue weighted by molar-refractivity contribution is 7.98. The fourth-order valence-corrected chi connectivity index (χ4v) is 5.65. The number of fused-ring (bicyclic) bond motifs is 1. The van der Waals surface area contributed by atoms with E-state index in [1.54, 1.807) is 19.3 Å². The number of carbonyl (C=O) groups is 2. The van der Waals surface area contributed by atoms with Gasteiger partial charge in [0.15, 0.2) is 0 Å². The van der Waals surface area contributed by atoms with E-state index in [0.29, 0.717) is 42.9 Å². The summed E-state index contributed by atoms with van der Waals surface area (Å²) in [6, 6.07) is 5.16. The van der Waals surface area contributed by atoms with Crippen LogP contribution < -0.4 is 29.6 Å². The molecule has 5 rings (SSSR count). The third-order valence-corrected chi connectivity index (χ3v) is 8.34. The first-order chi connectivity index (χ1) is 17.9. The number of nitrogens with zero attached hydrogens (tertiary/aromatic N) is 1. The zero-order chi connectivity index (χ0) is 26.2. The van der Waals surface area contributed by atoms with Gasteiger partial charge in [-0.05, 0) is 57.2 Å². The van der Waals surface area contributed by atoms with E-state index in [4.69, 9.17) is 14.2 Å². The van der Waals surface area contributed by atoms with Gasteiger partial charge in [0, 0.05) is 41.1 Å². The maximum atomic E-state index is 13.2. The van der Waals surface area contributed by atoms with Gasteiger partial charge in [-0.3, -0.25) is 14.3 Å². The van der Waals surface area contributed by atoms with Crippen molar-refractivity contribution in [3.63, 3.8) is 0 Å². The molecule has 9 nitrogen and oxygen atoms in total. The van der Waals surface area contributed by atoms with E-state index in [0.717, 1.165) is 35.1 Å². The molecule has 37 heavy (non-hydrogen) atoms. The summed E-state index contributed by atoms with van der Waals surface area (Å²) in [5, 5.41) is 7.62. The van der Waals surface area contributed by atoms with Crippen molar-refractivity contribution in [1.82, 2.24) is 20.3 Å². The average Bonchev–Trinajstić information content (AvgIpc) is 3.80. The summed E-state index contributed by atoms with van der Waals surface area (Å²) in [7, 11) is 1.63. The van der Waals surface area contributed by atoms with E-state index in [1.807, 2.05) is 26.0 Å². The van der Waals surface area contributed by atoms with Crippen LogP contribution in [0.2, 0.25) is 0 Å². The van der Waals surface area contributed by atoms with Crippen molar-refractivity contribution in [2.75, 3.05) is 20.3 Å². The quantitative estimate of drug-likeness (QED) is 0.303. The Kier molecular flexibility index (Phi) is 7.22. The molecule has 10 heteroatoms. The Balaban J connectivity index is 1.27. The van der Waals surface area contributed by atoms with Crippen LogP contribution in [0.1, 0.15) is 38.2 Å². The van der Waals surface area contributed by atoms with Crippen molar-refractivity contribution < 1.29 is 23.8 Å². The van der Waals surface area contributed by atoms with Gasteiger partial charge in [-0.25, -0.2) is 4.98 Å². The lowest BCUT2D eigenvalue weighted by atomic mass is 10.1. The summed E-state index contributed by atoms with van der Waals surface area (Å²) < 4.78 is 20.5. The first-order valence-corrected chi connectivity index (χ1v) is 13.7. The number of carbonyl (C=O) groups excluding carboxylic acids is 2. The standard InChI is InChI=1S/C27H34N4O5S/c1-5-16-13-27(16,26(33)31-37-18-7-8-18)30-25(32)20-11-17(14-28-20)36-22-12-23(35-6-2)29-24-15(3)21(34-4)10-9-19(22)24/h5,9-10,12,16-18,20,28H,1,6-8,11,13-14H2,2-4H3,(H,30,32)(H,31,33)/t16?,17-,20?,27-/m1/s1. The minimum Gasteiger partial charge on any atom is -0.496 e.